The van der Waals surface area contributed by atoms with Crippen LogP contribution in [0.5, 0.6) is 0 Å². The third-order valence-corrected chi connectivity index (χ3v) is 1.35. The summed E-state index contributed by atoms with van der Waals surface area (Å²) in [4.78, 5) is 22.3. The lowest BCUT2D eigenvalue weighted by Gasteiger charge is -2.11. The minimum absolute atomic E-state index is 0.421. The molecule has 16 heavy (non-hydrogen) atoms. The highest BCUT2D eigenvalue weighted by atomic mass is 19.4. The molecule has 0 aromatic rings. The predicted molar refractivity (Wildman–Crippen MR) is 43.8 cm³/mol. The molecule has 0 amide bonds. The Labute approximate surface area is 87.5 Å². The van der Waals surface area contributed by atoms with Crippen LogP contribution in [0, 0.1) is 0 Å². The Morgan fingerprint density at radius 1 is 1.19 bits per heavy atom. The minimum atomic E-state index is -5.35. The van der Waals surface area contributed by atoms with E-state index in [2.05, 4.69) is 0 Å². The van der Waals surface area contributed by atoms with Crippen molar-refractivity contribution in [3.63, 3.8) is 0 Å². The Balaban J connectivity index is 5.29. The Morgan fingerprint density at radius 3 is 1.88 bits per heavy atom. The van der Waals surface area contributed by atoms with E-state index in [-0.39, 0.29) is 0 Å². The van der Waals surface area contributed by atoms with E-state index < -0.39 is 29.7 Å². The number of hydrogen-bond donors (Lipinski definition) is 0. The van der Waals surface area contributed by atoms with E-state index >= 15 is 0 Å². The Bertz CT molecular complexity index is 319. The summed E-state index contributed by atoms with van der Waals surface area (Å²) >= 11 is 0. The van der Waals surface area contributed by atoms with Crippen molar-refractivity contribution >= 4 is 11.6 Å². The highest BCUT2D eigenvalue weighted by molar-refractivity contribution is 6.22. The first-order valence-electron chi connectivity index (χ1n) is 3.89. The Morgan fingerprint density at radius 2 is 1.62 bits per heavy atom. The molecule has 0 unspecified atom stereocenters. The first-order valence-corrected chi connectivity index (χ1v) is 3.89. The molecule has 0 aromatic carbocycles. The van der Waals surface area contributed by atoms with Crippen LogP contribution in [0.4, 0.5) is 22.0 Å². The van der Waals surface area contributed by atoms with Gasteiger partial charge in [-0.3, -0.25) is 9.59 Å². The van der Waals surface area contributed by atoms with E-state index in [4.69, 9.17) is 0 Å². The molecule has 0 aliphatic heterocycles. The van der Waals surface area contributed by atoms with E-state index in [1.54, 1.807) is 0 Å². The summed E-state index contributed by atoms with van der Waals surface area (Å²) in [6.07, 6.45) is -8.59. The molecule has 92 valence electrons. The largest absolute Gasteiger partial charge is 0.455 e. The van der Waals surface area contributed by atoms with Crippen LogP contribution in [0.15, 0.2) is 11.8 Å². The molecule has 0 aliphatic rings. The highest BCUT2D eigenvalue weighted by Gasteiger charge is 2.44. The SMILES string of the molecule is CN(C)C=C(C(=O)C(F)F)C(=O)C(F)(F)F. The van der Waals surface area contributed by atoms with E-state index in [0.29, 0.717) is 6.20 Å². The van der Waals surface area contributed by atoms with Gasteiger partial charge in [0.25, 0.3) is 5.78 Å². The number of carbonyl (C=O) groups is 2. The van der Waals surface area contributed by atoms with Crippen molar-refractivity contribution in [3.05, 3.63) is 11.8 Å². The molecule has 8 heteroatoms. The summed E-state index contributed by atoms with van der Waals surface area (Å²) in [6.45, 7) is 0. The first-order chi connectivity index (χ1) is 7.07. The lowest BCUT2D eigenvalue weighted by molar-refractivity contribution is -0.167. The van der Waals surface area contributed by atoms with Crippen molar-refractivity contribution < 1.29 is 31.5 Å². The fourth-order valence-corrected chi connectivity index (χ4v) is 0.763. The molecule has 0 saturated heterocycles. The van der Waals surface area contributed by atoms with Gasteiger partial charge in [-0.25, -0.2) is 8.78 Å². The standard InChI is InChI=1S/C8H8F5NO2/c1-14(2)3-4(5(15)7(9)10)6(16)8(11,12)13/h3,7H,1-2H3. The summed E-state index contributed by atoms with van der Waals surface area (Å²) in [7, 11) is 2.39. The lowest BCUT2D eigenvalue weighted by Crippen LogP contribution is -2.31. The highest BCUT2D eigenvalue weighted by Crippen LogP contribution is 2.22. The van der Waals surface area contributed by atoms with E-state index in [1.165, 1.54) is 14.1 Å². The maximum absolute atomic E-state index is 12.0. The van der Waals surface area contributed by atoms with Gasteiger partial charge in [0, 0.05) is 20.3 Å². The molecule has 0 rings (SSSR count). The van der Waals surface area contributed by atoms with Gasteiger partial charge in [0.15, 0.2) is 0 Å². The van der Waals surface area contributed by atoms with Crippen LogP contribution in [0.25, 0.3) is 0 Å². The van der Waals surface area contributed by atoms with Crippen molar-refractivity contribution in [2.75, 3.05) is 14.1 Å². The average Bonchev–Trinajstić information content (AvgIpc) is 2.09. The van der Waals surface area contributed by atoms with Gasteiger partial charge in [-0.05, 0) is 0 Å². The average molecular weight is 245 g/mol. The molecular formula is C8H8F5NO2. The third kappa shape index (κ3) is 3.95. The maximum atomic E-state index is 12.0. The number of allylic oxidation sites excluding steroid dienone is 1. The zero-order valence-corrected chi connectivity index (χ0v) is 8.31. The number of Topliss-reactive ketones (excluding diaryl/α,β-unsaturated/α-hetero) is 2. The number of nitrogens with zero attached hydrogens (tertiary/aromatic N) is 1. The second-order valence-corrected chi connectivity index (χ2v) is 3.00. The Hall–Kier alpha value is -1.47. The summed E-state index contributed by atoms with van der Waals surface area (Å²) in [6, 6.07) is 0. The fourth-order valence-electron chi connectivity index (χ4n) is 0.763. The predicted octanol–water partition coefficient (Wildman–Crippen LogP) is 1.40. The van der Waals surface area contributed by atoms with Crippen LogP contribution in [0.2, 0.25) is 0 Å². The van der Waals surface area contributed by atoms with Gasteiger partial charge < -0.3 is 4.90 Å². The molecule has 0 spiro atoms. The second-order valence-electron chi connectivity index (χ2n) is 3.00. The van der Waals surface area contributed by atoms with Crippen molar-refractivity contribution in [1.82, 2.24) is 4.90 Å². The molecule has 0 heterocycles. The van der Waals surface area contributed by atoms with Gasteiger partial charge in [0.05, 0.1) is 5.57 Å². The zero-order valence-electron chi connectivity index (χ0n) is 8.31. The van der Waals surface area contributed by atoms with E-state index in [9.17, 15) is 31.5 Å². The summed E-state index contributed by atoms with van der Waals surface area (Å²) in [5.74, 6) is -4.72. The molecule has 3 nitrogen and oxygen atoms in total. The molecule has 0 atom stereocenters. The number of rotatable bonds is 4. The fraction of sp³-hybridized carbons (Fsp3) is 0.500. The Kier molecular flexibility index (Phi) is 4.58. The third-order valence-electron chi connectivity index (χ3n) is 1.35. The number of hydrogen-bond acceptors (Lipinski definition) is 3. The van der Waals surface area contributed by atoms with Crippen LogP contribution in [-0.4, -0.2) is 43.2 Å². The van der Waals surface area contributed by atoms with Gasteiger partial charge in [-0.2, -0.15) is 13.2 Å². The molecule has 0 aromatic heterocycles. The van der Waals surface area contributed by atoms with Crippen molar-refractivity contribution in [2.45, 2.75) is 12.6 Å². The minimum Gasteiger partial charge on any atom is -0.383 e. The smallest absolute Gasteiger partial charge is 0.383 e. The van der Waals surface area contributed by atoms with Crippen molar-refractivity contribution in [1.29, 1.82) is 0 Å². The van der Waals surface area contributed by atoms with Gasteiger partial charge in [0.2, 0.25) is 5.78 Å². The molecule has 0 saturated carbocycles. The topological polar surface area (TPSA) is 37.4 Å². The van der Waals surface area contributed by atoms with Crippen LogP contribution >= 0.6 is 0 Å². The first kappa shape index (κ1) is 14.5. The molecule has 0 radical (unpaired) electrons. The van der Waals surface area contributed by atoms with Crippen LogP contribution in [0.1, 0.15) is 0 Å². The molecular weight excluding hydrogens is 237 g/mol. The molecule has 0 aliphatic carbocycles. The van der Waals surface area contributed by atoms with Crippen LogP contribution in [0.3, 0.4) is 0 Å². The monoisotopic (exact) mass is 245 g/mol. The zero-order chi connectivity index (χ0) is 13.1. The maximum Gasteiger partial charge on any atom is 0.455 e. The normalized spacial score (nSPS) is 12.9. The summed E-state index contributed by atoms with van der Waals surface area (Å²) in [5, 5.41) is 0. The number of alkyl halides is 5. The summed E-state index contributed by atoms with van der Waals surface area (Å²) in [5.41, 5.74) is -1.58. The molecule has 0 bridgehead atoms. The van der Waals surface area contributed by atoms with Crippen LogP contribution < -0.4 is 0 Å². The number of carbonyl (C=O) groups excluding carboxylic acids is 2. The van der Waals surface area contributed by atoms with E-state index in [0.717, 1.165) is 4.90 Å². The van der Waals surface area contributed by atoms with Gasteiger partial charge in [-0.15, -0.1) is 0 Å². The quantitative estimate of drug-likeness (QED) is 0.325. The lowest BCUT2D eigenvalue weighted by atomic mass is 10.1. The van der Waals surface area contributed by atoms with Gasteiger partial charge in [-0.1, -0.05) is 0 Å². The van der Waals surface area contributed by atoms with Gasteiger partial charge >= 0.3 is 12.6 Å². The van der Waals surface area contributed by atoms with Crippen LogP contribution in [-0.2, 0) is 9.59 Å². The second kappa shape index (κ2) is 5.04. The molecule has 0 fully saturated rings. The summed E-state index contributed by atoms with van der Waals surface area (Å²) < 4.78 is 59.8. The number of ketones is 2. The van der Waals surface area contributed by atoms with Crippen molar-refractivity contribution in [2.24, 2.45) is 0 Å². The van der Waals surface area contributed by atoms with E-state index in [1.807, 2.05) is 0 Å². The number of halogens is 5. The molecule has 0 N–H and O–H groups in total. The van der Waals surface area contributed by atoms with Crippen molar-refractivity contribution in [3.8, 4) is 0 Å². The van der Waals surface area contributed by atoms with Gasteiger partial charge in [0.1, 0.15) is 0 Å².